The Morgan fingerprint density at radius 2 is 2.00 bits per heavy atom. The summed E-state index contributed by atoms with van der Waals surface area (Å²) >= 11 is 6.10. The highest BCUT2D eigenvalue weighted by molar-refractivity contribution is 6.31. The maximum absolute atomic E-state index is 12.7. The number of fused-ring (bicyclic) bond motifs is 1. The molecule has 6 heteroatoms. The number of aromatic nitrogens is 2. The van der Waals surface area contributed by atoms with Gasteiger partial charge in [0.2, 0.25) is 0 Å². The Hall–Kier alpha value is -2.66. The quantitative estimate of drug-likeness (QED) is 0.740. The zero-order valence-electron chi connectivity index (χ0n) is 13.7. The minimum absolute atomic E-state index is 0.189. The normalized spacial score (nSPS) is 11.8. The Bertz CT molecular complexity index is 1010. The van der Waals surface area contributed by atoms with Crippen LogP contribution in [0.1, 0.15) is 18.3 Å². The topological polar surface area (TPSA) is 59.3 Å². The van der Waals surface area contributed by atoms with Crippen molar-refractivity contribution in [3.05, 3.63) is 69.2 Å². The van der Waals surface area contributed by atoms with Crippen LogP contribution in [0.25, 0.3) is 10.9 Å². The summed E-state index contributed by atoms with van der Waals surface area (Å²) in [5.41, 5.74) is 2.88. The predicted molar refractivity (Wildman–Crippen MR) is 99.3 cm³/mol. The molecule has 0 aliphatic carbocycles. The van der Waals surface area contributed by atoms with Crippen molar-refractivity contribution in [2.75, 3.05) is 12.4 Å². The van der Waals surface area contributed by atoms with E-state index in [2.05, 4.69) is 15.4 Å². The number of halogens is 1. The van der Waals surface area contributed by atoms with Crippen molar-refractivity contribution in [2.45, 2.75) is 13.8 Å². The molecule has 0 atom stereocenters. The number of anilines is 1. The SMILES string of the molecule is CNc1ccc(Cl)cc1/C(C)=N/n1c(C)nc2ccccc2c1=O. The second-order valence-electron chi connectivity index (χ2n) is 5.42. The van der Waals surface area contributed by atoms with E-state index in [1.165, 1.54) is 4.68 Å². The number of para-hydroxylation sites is 1. The van der Waals surface area contributed by atoms with Crippen molar-refractivity contribution in [2.24, 2.45) is 5.10 Å². The second kappa shape index (κ2) is 6.45. The number of aryl methyl sites for hydroxylation is 1. The maximum atomic E-state index is 12.7. The zero-order chi connectivity index (χ0) is 17.3. The molecular formula is C18H17ClN4O. The smallest absolute Gasteiger partial charge is 0.282 e. The molecule has 1 aromatic heterocycles. The highest BCUT2D eigenvalue weighted by atomic mass is 35.5. The lowest BCUT2D eigenvalue weighted by atomic mass is 10.1. The van der Waals surface area contributed by atoms with E-state index in [4.69, 9.17) is 11.6 Å². The van der Waals surface area contributed by atoms with Crippen LogP contribution in [0.4, 0.5) is 5.69 Å². The van der Waals surface area contributed by atoms with E-state index >= 15 is 0 Å². The molecule has 0 fully saturated rings. The molecule has 1 heterocycles. The molecule has 0 aliphatic rings. The molecule has 0 saturated carbocycles. The summed E-state index contributed by atoms with van der Waals surface area (Å²) in [5.74, 6) is 0.533. The summed E-state index contributed by atoms with van der Waals surface area (Å²) < 4.78 is 1.33. The first kappa shape index (κ1) is 16.2. The first-order valence-corrected chi connectivity index (χ1v) is 7.90. The van der Waals surface area contributed by atoms with Gasteiger partial charge in [0.05, 0.1) is 16.6 Å². The lowest BCUT2D eigenvalue weighted by Crippen LogP contribution is -2.22. The standard InChI is InChI=1S/C18H17ClN4O/c1-11(15-10-13(19)8-9-16(15)20-3)22-23-12(2)21-17-7-5-4-6-14(17)18(23)24/h4-10,20H,1-3H3/b22-11+. The van der Waals surface area contributed by atoms with Crippen LogP contribution in [0.3, 0.4) is 0 Å². The van der Waals surface area contributed by atoms with Crippen molar-refractivity contribution < 1.29 is 0 Å². The van der Waals surface area contributed by atoms with Crippen LogP contribution < -0.4 is 10.9 Å². The molecule has 0 saturated heterocycles. The molecule has 0 aliphatic heterocycles. The van der Waals surface area contributed by atoms with Crippen molar-refractivity contribution in [3.8, 4) is 0 Å². The van der Waals surface area contributed by atoms with E-state index < -0.39 is 0 Å². The fourth-order valence-corrected chi connectivity index (χ4v) is 2.76. The van der Waals surface area contributed by atoms with Crippen LogP contribution >= 0.6 is 11.6 Å². The lowest BCUT2D eigenvalue weighted by Gasteiger charge is -2.11. The average molecular weight is 341 g/mol. The van der Waals surface area contributed by atoms with E-state index in [0.717, 1.165) is 11.3 Å². The molecule has 0 bridgehead atoms. The van der Waals surface area contributed by atoms with E-state index in [0.29, 0.717) is 27.5 Å². The minimum atomic E-state index is -0.189. The number of hydrogen-bond acceptors (Lipinski definition) is 4. The largest absolute Gasteiger partial charge is 0.388 e. The Morgan fingerprint density at radius 3 is 2.75 bits per heavy atom. The first-order valence-electron chi connectivity index (χ1n) is 7.53. The van der Waals surface area contributed by atoms with Gasteiger partial charge >= 0.3 is 0 Å². The fraction of sp³-hybridized carbons (Fsp3) is 0.167. The molecule has 3 aromatic rings. The monoisotopic (exact) mass is 340 g/mol. The molecule has 2 aromatic carbocycles. The lowest BCUT2D eigenvalue weighted by molar-refractivity contribution is 0.766. The van der Waals surface area contributed by atoms with Crippen molar-refractivity contribution >= 4 is 33.9 Å². The van der Waals surface area contributed by atoms with Crippen LogP contribution in [0, 0.1) is 6.92 Å². The maximum Gasteiger partial charge on any atom is 0.282 e. The third kappa shape index (κ3) is 2.90. The number of nitrogens with one attached hydrogen (secondary N) is 1. The molecular weight excluding hydrogens is 324 g/mol. The Labute approximate surface area is 144 Å². The molecule has 3 rings (SSSR count). The molecule has 5 nitrogen and oxygen atoms in total. The summed E-state index contributed by atoms with van der Waals surface area (Å²) in [4.78, 5) is 17.2. The van der Waals surface area contributed by atoms with Gasteiger partial charge < -0.3 is 5.32 Å². The minimum Gasteiger partial charge on any atom is -0.388 e. The van der Waals surface area contributed by atoms with Gasteiger partial charge in [-0.1, -0.05) is 23.7 Å². The zero-order valence-corrected chi connectivity index (χ0v) is 14.4. The molecule has 122 valence electrons. The Balaban J connectivity index is 2.20. The molecule has 1 N–H and O–H groups in total. The van der Waals surface area contributed by atoms with Crippen molar-refractivity contribution in [3.63, 3.8) is 0 Å². The van der Waals surface area contributed by atoms with Crippen LogP contribution in [0.5, 0.6) is 0 Å². The summed E-state index contributed by atoms with van der Waals surface area (Å²) in [7, 11) is 1.83. The van der Waals surface area contributed by atoms with Gasteiger partial charge in [0.25, 0.3) is 5.56 Å². The number of hydrogen-bond donors (Lipinski definition) is 1. The van der Waals surface area contributed by atoms with Gasteiger partial charge in [-0.15, -0.1) is 0 Å². The second-order valence-corrected chi connectivity index (χ2v) is 5.85. The van der Waals surface area contributed by atoms with Crippen LogP contribution in [0.2, 0.25) is 5.02 Å². The summed E-state index contributed by atoms with van der Waals surface area (Å²) in [6, 6.07) is 12.8. The first-order chi connectivity index (χ1) is 11.5. The van der Waals surface area contributed by atoms with Crippen LogP contribution in [0.15, 0.2) is 52.4 Å². The molecule has 24 heavy (non-hydrogen) atoms. The van der Waals surface area contributed by atoms with Crippen LogP contribution in [-0.4, -0.2) is 22.4 Å². The number of nitrogens with zero attached hydrogens (tertiary/aromatic N) is 3. The predicted octanol–water partition coefficient (Wildman–Crippen LogP) is 3.67. The summed E-state index contributed by atoms with van der Waals surface area (Å²) in [5, 5.41) is 8.75. The highest BCUT2D eigenvalue weighted by Gasteiger charge is 2.10. The average Bonchev–Trinajstić information content (AvgIpc) is 2.58. The molecule has 0 radical (unpaired) electrons. The van der Waals surface area contributed by atoms with Crippen LogP contribution in [-0.2, 0) is 0 Å². The fourth-order valence-electron chi connectivity index (χ4n) is 2.59. The van der Waals surface area contributed by atoms with Crippen molar-refractivity contribution in [1.29, 1.82) is 0 Å². The molecule has 0 spiro atoms. The van der Waals surface area contributed by atoms with Gasteiger partial charge in [0.1, 0.15) is 5.82 Å². The highest BCUT2D eigenvalue weighted by Crippen LogP contribution is 2.21. The Kier molecular flexibility index (Phi) is 4.36. The van der Waals surface area contributed by atoms with E-state index in [-0.39, 0.29) is 5.56 Å². The van der Waals surface area contributed by atoms with Gasteiger partial charge in [-0.2, -0.15) is 9.78 Å². The van der Waals surface area contributed by atoms with E-state index in [1.54, 1.807) is 19.1 Å². The summed E-state index contributed by atoms with van der Waals surface area (Å²) in [6.45, 7) is 3.61. The van der Waals surface area contributed by atoms with Gasteiger partial charge in [-0.25, -0.2) is 4.98 Å². The van der Waals surface area contributed by atoms with Gasteiger partial charge in [0, 0.05) is 23.3 Å². The summed E-state index contributed by atoms with van der Waals surface area (Å²) in [6.07, 6.45) is 0. The molecule has 0 unspecified atom stereocenters. The van der Waals surface area contributed by atoms with E-state index in [9.17, 15) is 4.79 Å². The van der Waals surface area contributed by atoms with Gasteiger partial charge in [-0.3, -0.25) is 4.79 Å². The van der Waals surface area contributed by atoms with Gasteiger partial charge in [0.15, 0.2) is 0 Å². The number of rotatable bonds is 3. The number of benzene rings is 2. The van der Waals surface area contributed by atoms with Gasteiger partial charge in [-0.05, 0) is 44.2 Å². The Morgan fingerprint density at radius 1 is 1.25 bits per heavy atom. The van der Waals surface area contributed by atoms with E-state index in [1.807, 2.05) is 44.3 Å². The molecule has 0 amide bonds. The third-order valence-electron chi connectivity index (χ3n) is 3.81. The van der Waals surface area contributed by atoms with Crippen molar-refractivity contribution in [1.82, 2.24) is 9.66 Å². The third-order valence-corrected chi connectivity index (χ3v) is 4.04.